The van der Waals surface area contributed by atoms with Gasteiger partial charge >= 0.3 is 0 Å². The Hall–Kier alpha value is -0.610. The maximum absolute atomic E-state index is 11.0. The van der Waals surface area contributed by atoms with Crippen LogP contribution in [0.4, 0.5) is 0 Å². The molecule has 114 valence electrons. The molecule has 4 heteroatoms. The highest BCUT2D eigenvalue weighted by atomic mass is 17.2. The maximum Gasteiger partial charge on any atom is 0.132 e. The predicted molar refractivity (Wildman–Crippen MR) is 73.3 cm³/mol. The molecule has 0 aliphatic carbocycles. The third-order valence-electron chi connectivity index (χ3n) is 3.32. The smallest absolute Gasteiger partial charge is 0.132 e. The molecule has 0 aromatic heterocycles. The molecule has 0 aliphatic heterocycles. The predicted octanol–water partition coefficient (Wildman–Crippen LogP) is 2.99. The number of carboxylic acids is 1. The van der Waals surface area contributed by atoms with Crippen LogP contribution in [0, 0.1) is 0 Å². The second-order valence-corrected chi connectivity index (χ2v) is 5.66. The third kappa shape index (κ3) is 9.91. The summed E-state index contributed by atoms with van der Waals surface area (Å²) in [5, 5.41) is 11.0. The Morgan fingerprint density at radius 2 is 1.68 bits per heavy atom. The highest BCUT2D eigenvalue weighted by Crippen LogP contribution is 2.17. The lowest BCUT2D eigenvalue weighted by Crippen LogP contribution is -2.39. The van der Waals surface area contributed by atoms with E-state index in [-0.39, 0.29) is 0 Å². The number of aliphatic carboxylic acids is 1. The van der Waals surface area contributed by atoms with E-state index in [2.05, 4.69) is 6.92 Å². The van der Waals surface area contributed by atoms with Crippen LogP contribution in [0.1, 0.15) is 79.1 Å². The van der Waals surface area contributed by atoms with Crippen molar-refractivity contribution in [1.82, 2.24) is 0 Å². The Morgan fingerprint density at radius 3 is 2.21 bits per heavy atom. The van der Waals surface area contributed by atoms with Gasteiger partial charge in [0.05, 0.1) is 11.6 Å². The number of carboxylic acid groups (broad SMARTS) is 1. The summed E-state index contributed by atoms with van der Waals surface area (Å²) < 4.78 is 0. The van der Waals surface area contributed by atoms with E-state index in [1.54, 1.807) is 0 Å². The van der Waals surface area contributed by atoms with Gasteiger partial charge in [0.1, 0.15) is 6.10 Å². The van der Waals surface area contributed by atoms with Gasteiger partial charge in [-0.25, -0.2) is 9.78 Å². The molecule has 4 nitrogen and oxygen atoms in total. The fourth-order valence-corrected chi connectivity index (χ4v) is 1.56. The summed E-state index contributed by atoms with van der Waals surface area (Å²) in [6.45, 7) is 7.87. The first-order valence-electron chi connectivity index (χ1n) is 7.48. The van der Waals surface area contributed by atoms with Gasteiger partial charge in [0.2, 0.25) is 0 Å². The summed E-state index contributed by atoms with van der Waals surface area (Å²) in [4.78, 5) is 21.2. The Bertz CT molecular complexity index is 238. The van der Waals surface area contributed by atoms with Gasteiger partial charge in [-0.1, -0.05) is 52.4 Å². The minimum absolute atomic E-state index is 0.453. The van der Waals surface area contributed by atoms with Crippen molar-refractivity contribution in [2.45, 2.75) is 90.8 Å². The third-order valence-corrected chi connectivity index (χ3v) is 3.32. The molecule has 0 saturated heterocycles. The quantitative estimate of drug-likeness (QED) is 0.311. The van der Waals surface area contributed by atoms with Gasteiger partial charge in [-0.05, 0) is 26.7 Å². The number of carbonyl (C=O) groups excluding carboxylic acids is 1. The molecule has 19 heavy (non-hydrogen) atoms. The minimum Gasteiger partial charge on any atom is -0.547 e. The lowest BCUT2D eigenvalue weighted by molar-refractivity contribution is -0.395. The monoisotopic (exact) mass is 273 g/mol. The molecular formula is C15H29O4-. The van der Waals surface area contributed by atoms with Gasteiger partial charge in [0.25, 0.3) is 0 Å². The van der Waals surface area contributed by atoms with Gasteiger partial charge in [0, 0.05) is 0 Å². The van der Waals surface area contributed by atoms with Crippen LogP contribution in [0.2, 0.25) is 0 Å². The van der Waals surface area contributed by atoms with Crippen LogP contribution in [-0.4, -0.2) is 17.7 Å². The summed E-state index contributed by atoms with van der Waals surface area (Å²) in [6.07, 6.45) is 6.93. The van der Waals surface area contributed by atoms with Crippen molar-refractivity contribution in [2.24, 2.45) is 0 Å². The molecule has 1 unspecified atom stereocenters. The molecule has 0 heterocycles. The second-order valence-electron chi connectivity index (χ2n) is 5.66. The fourth-order valence-electron chi connectivity index (χ4n) is 1.56. The van der Waals surface area contributed by atoms with Crippen LogP contribution < -0.4 is 5.11 Å². The van der Waals surface area contributed by atoms with E-state index in [1.165, 1.54) is 19.3 Å². The summed E-state index contributed by atoms with van der Waals surface area (Å²) in [5.74, 6) is -1.19. The molecule has 0 amide bonds. The lowest BCUT2D eigenvalue weighted by Gasteiger charge is -2.26. The lowest BCUT2D eigenvalue weighted by atomic mass is 10.1. The highest BCUT2D eigenvalue weighted by Gasteiger charge is 2.20. The molecule has 0 saturated carbocycles. The van der Waals surface area contributed by atoms with Crippen LogP contribution >= 0.6 is 0 Å². The molecule has 0 N–H and O–H groups in total. The van der Waals surface area contributed by atoms with Crippen molar-refractivity contribution in [1.29, 1.82) is 0 Å². The molecular weight excluding hydrogens is 244 g/mol. The maximum atomic E-state index is 11.0. The average molecular weight is 273 g/mol. The number of rotatable bonds is 12. The zero-order valence-corrected chi connectivity index (χ0v) is 12.9. The highest BCUT2D eigenvalue weighted by molar-refractivity contribution is 5.69. The van der Waals surface area contributed by atoms with Gasteiger partial charge < -0.3 is 9.90 Å². The average Bonchev–Trinajstić information content (AvgIpc) is 2.36. The molecule has 0 spiro atoms. The van der Waals surface area contributed by atoms with Crippen LogP contribution in [0.3, 0.4) is 0 Å². The van der Waals surface area contributed by atoms with E-state index in [9.17, 15) is 9.90 Å². The minimum atomic E-state index is -1.19. The Kier molecular flexibility index (Phi) is 9.88. The van der Waals surface area contributed by atoms with E-state index >= 15 is 0 Å². The number of hydrogen-bond donors (Lipinski definition) is 0. The van der Waals surface area contributed by atoms with Gasteiger partial charge in [-0.15, -0.1) is 0 Å². The van der Waals surface area contributed by atoms with Crippen LogP contribution in [0.25, 0.3) is 0 Å². The van der Waals surface area contributed by atoms with E-state index < -0.39 is 17.7 Å². The number of unbranched alkanes of at least 4 members (excludes halogenated alkanes) is 5. The van der Waals surface area contributed by atoms with E-state index in [4.69, 9.17) is 9.78 Å². The first-order chi connectivity index (χ1) is 8.93. The largest absolute Gasteiger partial charge is 0.547 e. The van der Waals surface area contributed by atoms with Crippen molar-refractivity contribution in [3.05, 3.63) is 0 Å². The van der Waals surface area contributed by atoms with Crippen LogP contribution in [0.5, 0.6) is 0 Å². The van der Waals surface area contributed by atoms with Crippen molar-refractivity contribution in [3.63, 3.8) is 0 Å². The van der Waals surface area contributed by atoms with Gasteiger partial charge in [-0.3, -0.25) is 0 Å². The van der Waals surface area contributed by atoms with E-state index in [0.29, 0.717) is 6.42 Å². The van der Waals surface area contributed by atoms with E-state index in [1.807, 2.05) is 20.8 Å². The van der Waals surface area contributed by atoms with Crippen LogP contribution in [-0.2, 0) is 14.6 Å². The SMILES string of the molecule is CCCCCCCCC(OOC(C)(C)CC)C(=O)[O-]. The Morgan fingerprint density at radius 1 is 1.11 bits per heavy atom. The standard InChI is InChI=1S/C15H30O4/c1-5-7-8-9-10-11-12-13(14(16)17)18-19-15(3,4)6-2/h13H,5-12H2,1-4H3,(H,16,17)/p-1. The molecule has 0 radical (unpaired) electrons. The summed E-state index contributed by atoms with van der Waals surface area (Å²) >= 11 is 0. The number of carbonyl (C=O) groups is 1. The van der Waals surface area contributed by atoms with Crippen molar-refractivity contribution < 1.29 is 19.7 Å². The molecule has 0 bridgehead atoms. The topological polar surface area (TPSA) is 58.6 Å². The van der Waals surface area contributed by atoms with Gasteiger partial charge in [0.15, 0.2) is 0 Å². The van der Waals surface area contributed by atoms with Crippen LogP contribution in [0.15, 0.2) is 0 Å². The molecule has 0 aromatic carbocycles. The first kappa shape index (κ1) is 18.4. The summed E-state index contributed by atoms with van der Waals surface area (Å²) in [6, 6.07) is 0. The molecule has 0 rings (SSSR count). The molecule has 0 fully saturated rings. The van der Waals surface area contributed by atoms with Gasteiger partial charge in [-0.2, -0.15) is 0 Å². The van der Waals surface area contributed by atoms with Crippen molar-refractivity contribution in [2.75, 3.05) is 0 Å². The zero-order chi connectivity index (χ0) is 14.7. The zero-order valence-electron chi connectivity index (χ0n) is 12.9. The fraction of sp³-hybridized carbons (Fsp3) is 0.933. The summed E-state index contributed by atoms with van der Waals surface area (Å²) in [7, 11) is 0. The second kappa shape index (κ2) is 10.2. The van der Waals surface area contributed by atoms with E-state index in [0.717, 1.165) is 25.7 Å². The normalized spacial score (nSPS) is 13.5. The first-order valence-corrected chi connectivity index (χ1v) is 7.48. The van der Waals surface area contributed by atoms with Crippen molar-refractivity contribution in [3.8, 4) is 0 Å². The molecule has 0 aliphatic rings. The summed E-state index contributed by atoms with van der Waals surface area (Å²) in [5.41, 5.74) is -0.463. The Balaban J connectivity index is 3.84. The molecule has 1 atom stereocenters. The van der Waals surface area contributed by atoms with Crippen molar-refractivity contribution >= 4 is 5.97 Å². The Labute approximate surface area is 117 Å². The molecule has 0 aromatic rings. The number of hydrogen-bond acceptors (Lipinski definition) is 4.